The maximum atomic E-state index is 13.1. The Kier molecular flexibility index (Phi) is 6.72. The van der Waals surface area contributed by atoms with E-state index in [-0.39, 0.29) is 24.6 Å². The van der Waals surface area contributed by atoms with Crippen LogP contribution in [0.1, 0.15) is 22.5 Å². The van der Waals surface area contributed by atoms with Crippen LogP contribution in [0.5, 0.6) is 17.2 Å². The summed E-state index contributed by atoms with van der Waals surface area (Å²) in [6.45, 7) is -0.0389. The number of anilines is 1. The highest BCUT2D eigenvalue weighted by Gasteiger charge is 2.31. The highest BCUT2D eigenvalue weighted by Crippen LogP contribution is 2.32. The van der Waals surface area contributed by atoms with Crippen molar-refractivity contribution in [3.8, 4) is 17.2 Å². The maximum Gasteiger partial charge on any atom is 0.270 e. The number of carbonyl (C=O) groups is 3. The molecule has 9 nitrogen and oxygen atoms in total. The molecule has 9 heteroatoms. The number of amides is 3. The monoisotopic (exact) mass is 460 g/mol. The lowest BCUT2D eigenvalue weighted by Crippen LogP contribution is -2.49. The Labute approximate surface area is 196 Å². The van der Waals surface area contributed by atoms with E-state index in [4.69, 9.17) is 15.2 Å². The lowest BCUT2D eigenvalue weighted by Gasteiger charge is -2.20. The van der Waals surface area contributed by atoms with Crippen LogP contribution in [0.25, 0.3) is 0 Å². The van der Waals surface area contributed by atoms with Crippen LogP contribution in [-0.4, -0.2) is 42.4 Å². The van der Waals surface area contributed by atoms with Crippen molar-refractivity contribution < 1.29 is 23.9 Å². The average Bonchev–Trinajstić information content (AvgIpc) is 2.95. The van der Waals surface area contributed by atoms with Crippen molar-refractivity contribution in [2.45, 2.75) is 18.9 Å². The second-order valence-corrected chi connectivity index (χ2v) is 7.79. The predicted molar refractivity (Wildman–Crippen MR) is 125 cm³/mol. The molecule has 1 unspecified atom stereocenters. The molecule has 0 aliphatic carbocycles. The SMILES string of the molecule is CN1C(=O)C(NC(=O)c2cc(Oc3ccccc3)ccn2)COc2ccc(CCC(N)=O)cc21. The molecule has 3 N–H and O–H groups in total. The van der Waals surface area contributed by atoms with Crippen LogP contribution < -0.4 is 25.4 Å². The molecule has 0 fully saturated rings. The number of nitrogens with zero attached hydrogens (tertiary/aromatic N) is 2. The molecule has 1 aliphatic heterocycles. The maximum absolute atomic E-state index is 13.1. The van der Waals surface area contributed by atoms with Crippen molar-refractivity contribution in [1.29, 1.82) is 0 Å². The summed E-state index contributed by atoms with van der Waals surface area (Å²) in [5, 5.41) is 2.70. The van der Waals surface area contributed by atoms with Gasteiger partial charge in [0.25, 0.3) is 11.8 Å². The number of fused-ring (bicyclic) bond motifs is 1. The summed E-state index contributed by atoms with van der Waals surface area (Å²) in [4.78, 5) is 42.6. The van der Waals surface area contributed by atoms with E-state index in [0.717, 1.165) is 5.56 Å². The minimum Gasteiger partial charge on any atom is -0.489 e. The Balaban J connectivity index is 1.46. The Morgan fingerprint density at radius 2 is 1.94 bits per heavy atom. The van der Waals surface area contributed by atoms with Gasteiger partial charge in [-0.05, 0) is 42.3 Å². The number of hydrogen-bond donors (Lipinski definition) is 2. The molecule has 0 bridgehead atoms. The molecule has 1 aromatic heterocycles. The molecular weight excluding hydrogens is 436 g/mol. The molecule has 0 spiro atoms. The number of aryl methyl sites for hydroxylation is 1. The largest absolute Gasteiger partial charge is 0.489 e. The highest BCUT2D eigenvalue weighted by molar-refractivity contribution is 6.03. The fraction of sp³-hybridized carbons (Fsp3) is 0.200. The number of nitrogens with one attached hydrogen (secondary N) is 1. The lowest BCUT2D eigenvalue weighted by atomic mass is 10.1. The molecule has 2 aromatic carbocycles. The summed E-state index contributed by atoms with van der Waals surface area (Å²) in [6.07, 6.45) is 2.13. The van der Waals surface area contributed by atoms with Crippen LogP contribution in [-0.2, 0) is 16.0 Å². The molecule has 0 saturated carbocycles. The lowest BCUT2D eigenvalue weighted by molar-refractivity contribution is -0.120. The van der Waals surface area contributed by atoms with Gasteiger partial charge in [0.2, 0.25) is 5.91 Å². The van der Waals surface area contributed by atoms with Crippen molar-refractivity contribution in [2.75, 3.05) is 18.6 Å². The van der Waals surface area contributed by atoms with E-state index in [1.807, 2.05) is 24.3 Å². The van der Waals surface area contributed by atoms with Gasteiger partial charge in [-0.2, -0.15) is 0 Å². The zero-order valence-electron chi connectivity index (χ0n) is 18.6. The number of aromatic nitrogens is 1. The molecule has 0 saturated heterocycles. The van der Waals surface area contributed by atoms with Crippen LogP contribution >= 0.6 is 0 Å². The number of para-hydroxylation sites is 1. The van der Waals surface area contributed by atoms with E-state index in [0.29, 0.717) is 29.4 Å². The number of rotatable bonds is 7. The van der Waals surface area contributed by atoms with Gasteiger partial charge in [-0.15, -0.1) is 0 Å². The number of nitrogens with two attached hydrogens (primary N) is 1. The van der Waals surface area contributed by atoms with Gasteiger partial charge < -0.3 is 25.4 Å². The summed E-state index contributed by atoms with van der Waals surface area (Å²) in [5.41, 5.74) is 6.75. The molecule has 3 amide bonds. The van der Waals surface area contributed by atoms with Gasteiger partial charge in [-0.3, -0.25) is 19.4 Å². The first-order valence-corrected chi connectivity index (χ1v) is 10.7. The summed E-state index contributed by atoms with van der Waals surface area (Å²) in [6, 6.07) is 16.7. The van der Waals surface area contributed by atoms with Crippen molar-refractivity contribution in [2.24, 2.45) is 5.73 Å². The molecule has 1 aliphatic rings. The second-order valence-electron chi connectivity index (χ2n) is 7.79. The smallest absolute Gasteiger partial charge is 0.270 e. The fourth-order valence-electron chi connectivity index (χ4n) is 3.53. The zero-order chi connectivity index (χ0) is 24.1. The van der Waals surface area contributed by atoms with Gasteiger partial charge in [-0.1, -0.05) is 24.3 Å². The molecule has 34 heavy (non-hydrogen) atoms. The summed E-state index contributed by atoms with van der Waals surface area (Å²) in [5.74, 6) is 0.319. The molecule has 2 heterocycles. The highest BCUT2D eigenvalue weighted by atomic mass is 16.5. The molecule has 0 radical (unpaired) electrons. The topological polar surface area (TPSA) is 124 Å². The Morgan fingerprint density at radius 1 is 1.15 bits per heavy atom. The first-order valence-electron chi connectivity index (χ1n) is 10.7. The Bertz CT molecular complexity index is 1210. The minimum atomic E-state index is -0.917. The van der Waals surface area contributed by atoms with Gasteiger partial charge in [-0.25, -0.2) is 0 Å². The third-order valence-corrected chi connectivity index (χ3v) is 5.33. The number of likely N-dealkylation sites (N-methyl/N-ethyl adjacent to an activating group) is 1. The fourth-order valence-corrected chi connectivity index (χ4v) is 3.53. The number of ether oxygens (including phenoxy) is 2. The Hall–Kier alpha value is -4.40. The number of primary amides is 1. The van der Waals surface area contributed by atoms with Gasteiger partial charge in [0, 0.05) is 25.7 Å². The average molecular weight is 460 g/mol. The number of carbonyl (C=O) groups excluding carboxylic acids is 3. The van der Waals surface area contributed by atoms with Gasteiger partial charge in [0.05, 0.1) is 5.69 Å². The van der Waals surface area contributed by atoms with Crippen LogP contribution in [0.2, 0.25) is 0 Å². The van der Waals surface area contributed by atoms with Crippen molar-refractivity contribution >= 4 is 23.4 Å². The second kappa shape index (κ2) is 10.0. The van der Waals surface area contributed by atoms with Crippen LogP contribution in [0, 0.1) is 0 Å². The van der Waals surface area contributed by atoms with Crippen molar-refractivity contribution in [1.82, 2.24) is 10.3 Å². The van der Waals surface area contributed by atoms with E-state index in [1.165, 1.54) is 17.2 Å². The molecule has 4 rings (SSSR count). The number of hydrogen-bond acceptors (Lipinski definition) is 6. The summed E-state index contributed by atoms with van der Waals surface area (Å²) < 4.78 is 11.6. The van der Waals surface area contributed by atoms with E-state index in [1.54, 1.807) is 37.4 Å². The van der Waals surface area contributed by atoms with Crippen LogP contribution in [0.4, 0.5) is 5.69 Å². The normalized spacial score (nSPS) is 15.0. The van der Waals surface area contributed by atoms with E-state index < -0.39 is 17.9 Å². The van der Waals surface area contributed by atoms with E-state index in [2.05, 4.69) is 10.3 Å². The van der Waals surface area contributed by atoms with Crippen LogP contribution in [0.3, 0.4) is 0 Å². The first-order chi connectivity index (χ1) is 16.4. The standard InChI is InChI=1S/C25H24N4O5/c1-29-21-13-16(8-10-23(26)30)7-9-22(21)33-15-20(25(29)32)28-24(31)19-14-18(11-12-27-19)34-17-5-3-2-4-6-17/h2-7,9,11-14,20H,8,10,15H2,1H3,(H2,26,30)(H,28,31). The molecule has 3 aromatic rings. The van der Waals surface area contributed by atoms with Gasteiger partial charge in [0.15, 0.2) is 0 Å². The molecule has 1 atom stereocenters. The quantitative estimate of drug-likeness (QED) is 0.558. The first kappa shape index (κ1) is 22.8. The summed E-state index contributed by atoms with van der Waals surface area (Å²) >= 11 is 0. The van der Waals surface area contributed by atoms with Crippen molar-refractivity contribution in [3.63, 3.8) is 0 Å². The molecule has 174 valence electrons. The van der Waals surface area contributed by atoms with Crippen molar-refractivity contribution in [3.05, 3.63) is 78.1 Å². The molecular formula is C25H24N4O5. The number of benzene rings is 2. The summed E-state index contributed by atoms with van der Waals surface area (Å²) in [7, 11) is 1.61. The minimum absolute atomic E-state index is 0.0389. The van der Waals surface area contributed by atoms with E-state index >= 15 is 0 Å². The third kappa shape index (κ3) is 5.32. The number of pyridine rings is 1. The van der Waals surface area contributed by atoms with Gasteiger partial charge in [0.1, 0.15) is 35.6 Å². The zero-order valence-corrected chi connectivity index (χ0v) is 18.6. The Morgan fingerprint density at radius 3 is 2.71 bits per heavy atom. The predicted octanol–water partition coefficient (Wildman–Crippen LogP) is 2.45. The van der Waals surface area contributed by atoms with Gasteiger partial charge >= 0.3 is 0 Å². The van der Waals surface area contributed by atoms with Crippen LogP contribution in [0.15, 0.2) is 66.9 Å². The third-order valence-electron chi connectivity index (χ3n) is 5.33. The van der Waals surface area contributed by atoms with E-state index in [9.17, 15) is 14.4 Å².